The SMILES string of the molecule is CC(C)N(CCNC(=O)c1cncn1-c1ccc(F)cc1)C(C)C. The molecule has 0 unspecified atom stereocenters. The molecule has 0 aliphatic carbocycles. The van der Waals surface area contributed by atoms with Crippen LogP contribution in [-0.4, -0.2) is 45.5 Å². The number of aromatic nitrogens is 2. The summed E-state index contributed by atoms with van der Waals surface area (Å²) in [6.45, 7) is 9.92. The first-order valence-corrected chi connectivity index (χ1v) is 8.22. The Labute approximate surface area is 142 Å². The third-order valence-corrected chi connectivity index (χ3v) is 3.96. The molecule has 24 heavy (non-hydrogen) atoms. The van der Waals surface area contributed by atoms with Gasteiger partial charge >= 0.3 is 0 Å². The molecule has 2 rings (SSSR count). The van der Waals surface area contributed by atoms with E-state index in [1.54, 1.807) is 23.0 Å². The van der Waals surface area contributed by atoms with Crippen LogP contribution in [0, 0.1) is 5.82 Å². The molecular weight excluding hydrogens is 307 g/mol. The Bertz CT molecular complexity index is 656. The molecule has 0 saturated heterocycles. The van der Waals surface area contributed by atoms with E-state index in [2.05, 4.69) is 42.9 Å². The molecule has 1 amide bonds. The van der Waals surface area contributed by atoms with Crippen LogP contribution in [0.15, 0.2) is 36.8 Å². The van der Waals surface area contributed by atoms with Gasteiger partial charge in [-0.15, -0.1) is 0 Å². The third-order valence-electron chi connectivity index (χ3n) is 3.96. The summed E-state index contributed by atoms with van der Waals surface area (Å²) in [6.07, 6.45) is 3.07. The summed E-state index contributed by atoms with van der Waals surface area (Å²) >= 11 is 0. The van der Waals surface area contributed by atoms with Crippen LogP contribution in [-0.2, 0) is 0 Å². The monoisotopic (exact) mass is 332 g/mol. The number of amides is 1. The van der Waals surface area contributed by atoms with Crippen LogP contribution in [0.1, 0.15) is 38.2 Å². The molecule has 1 N–H and O–H groups in total. The number of carbonyl (C=O) groups excluding carboxylic acids is 1. The van der Waals surface area contributed by atoms with E-state index < -0.39 is 0 Å². The molecule has 1 aromatic carbocycles. The van der Waals surface area contributed by atoms with Crippen LogP contribution in [0.2, 0.25) is 0 Å². The summed E-state index contributed by atoms with van der Waals surface area (Å²) in [4.78, 5) is 18.8. The van der Waals surface area contributed by atoms with Crippen LogP contribution >= 0.6 is 0 Å². The molecule has 0 aliphatic heterocycles. The van der Waals surface area contributed by atoms with Gasteiger partial charge in [-0.05, 0) is 52.0 Å². The molecule has 1 aromatic heterocycles. The molecular formula is C18H25FN4O. The van der Waals surface area contributed by atoms with Crippen molar-refractivity contribution in [3.63, 3.8) is 0 Å². The largest absolute Gasteiger partial charge is 0.349 e. The van der Waals surface area contributed by atoms with Gasteiger partial charge in [0, 0.05) is 30.9 Å². The number of carbonyl (C=O) groups is 1. The number of benzene rings is 1. The van der Waals surface area contributed by atoms with Crippen molar-refractivity contribution >= 4 is 5.91 Å². The predicted octanol–water partition coefficient (Wildman–Crippen LogP) is 2.86. The summed E-state index contributed by atoms with van der Waals surface area (Å²) in [5, 5.41) is 2.93. The van der Waals surface area contributed by atoms with Crippen molar-refractivity contribution in [2.75, 3.05) is 13.1 Å². The fraction of sp³-hybridized carbons (Fsp3) is 0.444. The van der Waals surface area contributed by atoms with Gasteiger partial charge in [0.2, 0.25) is 0 Å². The Morgan fingerprint density at radius 2 is 1.83 bits per heavy atom. The molecule has 0 bridgehead atoms. The van der Waals surface area contributed by atoms with E-state index in [-0.39, 0.29) is 11.7 Å². The minimum Gasteiger partial charge on any atom is -0.349 e. The van der Waals surface area contributed by atoms with Crippen molar-refractivity contribution in [1.82, 2.24) is 19.8 Å². The Balaban J connectivity index is 2.01. The Morgan fingerprint density at radius 1 is 1.21 bits per heavy atom. The van der Waals surface area contributed by atoms with E-state index in [0.717, 1.165) is 6.54 Å². The number of nitrogens with zero attached hydrogens (tertiary/aromatic N) is 3. The minimum absolute atomic E-state index is 0.190. The van der Waals surface area contributed by atoms with Gasteiger partial charge in [0.05, 0.1) is 12.5 Å². The van der Waals surface area contributed by atoms with E-state index in [0.29, 0.717) is 30.0 Å². The third kappa shape index (κ3) is 4.41. The van der Waals surface area contributed by atoms with Crippen LogP contribution < -0.4 is 5.32 Å². The predicted molar refractivity (Wildman–Crippen MR) is 92.8 cm³/mol. The number of imidazole rings is 1. The molecule has 1 heterocycles. The van der Waals surface area contributed by atoms with E-state index in [1.165, 1.54) is 18.3 Å². The van der Waals surface area contributed by atoms with Crippen molar-refractivity contribution in [3.05, 3.63) is 48.3 Å². The van der Waals surface area contributed by atoms with Crippen LogP contribution in [0.3, 0.4) is 0 Å². The number of hydrogen-bond acceptors (Lipinski definition) is 3. The highest BCUT2D eigenvalue weighted by Gasteiger charge is 2.15. The van der Waals surface area contributed by atoms with Crippen LogP contribution in [0.4, 0.5) is 4.39 Å². The zero-order valence-electron chi connectivity index (χ0n) is 14.7. The van der Waals surface area contributed by atoms with E-state index in [9.17, 15) is 9.18 Å². The van der Waals surface area contributed by atoms with E-state index in [4.69, 9.17) is 0 Å². The molecule has 0 fully saturated rings. The highest BCUT2D eigenvalue weighted by Crippen LogP contribution is 2.12. The van der Waals surface area contributed by atoms with Crippen molar-refractivity contribution in [3.8, 4) is 5.69 Å². The van der Waals surface area contributed by atoms with Gasteiger partial charge in [0.15, 0.2) is 0 Å². The smallest absolute Gasteiger partial charge is 0.269 e. The maximum absolute atomic E-state index is 13.1. The van der Waals surface area contributed by atoms with Gasteiger partial charge in [0.1, 0.15) is 11.5 Å². The van der Waals surface area contributed by atoms with Crippen molar-refractivity contribution in [2.24, 2.45) is 0 Å². The highest BCUT2D eigenvalue weighted by atomic mass is 19.1. The Kier molecular flexibility index (Phi) is 6.09. The molecule has 2 aromatic rings. The summed E-state index contributed by atoms with van der Waals surface area (Å²) in [7, 11) is 0. The normalized spacial score (nSPS) is 11.5. The molecule has 0 aliphatic rings. The lowest BCUT2D eigenvalue weighted by molar-refractivity contribution is 0.0932. The molecule has 6 heteroatoms. The second-order valence-electron chi connectivity index (χ2n) is 6.31. The van der Waals surface area contributed by atoms with Crippen LogP contribution in [0.25, 0.3) is 5.69 Å². The van der Waals surface area contributed by atoms with Crippen molar-refractivity contribution < 1.29 is 9.18 Å². The van der Waals surface area contributed by atoms with Gasteiger partial charge < -0.3 is 5.32 Å². The molecule has 0 atom stereocenters. The highest BCUT2D eigenvalue weighted by molar-refractivity contribution is 5.92. The number of nitrogens with one attached hydrogen (secondary N) is 1. The first kappa shape index (κ1) is 18.1. The van der Waals surface area contributed by atoms with Gasteiger partial charge in [0.25, 0.3) is 5.91 Å². The van der Waals surface area contributed by atoms with Crippen LogP contribution in [0.5, 0.6) is 0 Å². The maximum Gasteiger partial charge on any atom is 0.269 e. The lowest BCUT2D eigenvalue weighted by atomic mass is 10.2. The second kappa shape index (κ2) is 8.06. The van der Waals surface area contributed by atoms with Gasteiger partial charge in [-0.1, -0.05) is 0 Å². The van der Waals surface area contributed by atoms with E-state index in [1.807, 2.05) is 0 Å². The lowest BCUT2D eigenvalue weighted by Gasteiger charge is -2.30. The fourth-order valence-electron chi connectivity index (χ4n) is 2.77. The molecule has 5 nitrogen and oxygen atoms in total. The number of hydrogen-bond donors (Lipinski definition) is 1. The van der Waals surface area contributed by atoms with Gasteiger partial charge in [-0.3, -0.25) is 14.3 Å². The first-order chi connectivity index (χ1) is 11.4. The molecule has 130 valence electrons. The number of rotatable bonds is 7. The average Bonchev–Trinajstić information content (AvgIpc) is 3.01. The summed E-state index contributed by atoms with van der Waals surface area (Å²) in [6, 6.07) is 6.80. The number of halogens is 1. The zero-order valence-corrected chi connectivity index (χ0v) is 14.7. The summed E-state index contributed by atoms with van der Waals surface area (Å²) in [5.74, 6) is -0.503. The first-order valence-electron chi connectivity index (χ1n) is 8.22. The van der Waals surface area contributed by atoms with Gasteiger partial charge in [-0.25, -0.2) is 9.37 Å². The van der Waals surface area contributed by atoms with Crippen molar-refractivity contribution in [1.29, 1.82) is 0 Å². The van der Waals surface area contributed by atoms with E-state index >= 15 is 0 Å². The molecule has 0 radical (unpaired) electrons. The Morgan fingerprint density at radius 3 is 2.42 bits per heavy atom. The maximum atomic E-state index is 13.1. The Hall–Kier alpha value is -2.21. The fourth-order valence-corrected chi connectivity index (χ4v) is 2.77. The summed E-state index contributed by atoms with van der Waals surface area (Å²) in [5.41, 5.74) is 1.13. The quantitative estimate of drug-likeness (QED) is 0.848. The summed E-state index contributed by atoms with van der Waals surface area (Å²) < 4.78 is 14.7. The second-order valence-corrected chi connectivity index (χ2v) is 6.31. The zero-order chi connectivity index (χ0) is 17.7. The minimum atomic E-state index is -0.313. The molecule has 0 saturated carbocycles. The average molecular weight is 332 g/mol. The standard InChI is InChI=1S/C18H25FN4O/c1-13(2)22(14(3)4)10-9-21-18(24)17-11-20-12-23(17)16-7-5-15(19)6-8-16/h5-8,11-14H,9-10H2,1-4H3,(H,21,24). The lowest BCUT2D eigenvalue weighted by Crippen LogP contribution is -2.42. The topological polar surface area (TPSA) is 50.2 Å². The molecule has 0 spiro atoms. The van der Waals surface area contributed by atoms with Crippen molar-refractivity contribution in [2.45, 2.75) is 39.8 Å². The van der Waals surface area contributed by atoms with Gasteiger partial charge in [-0.2, -0.15) is 0 Å².